The summed E-state index contributed by atoms with van der Waals surface area (Å²) in [6, 6.07) is 2.14. The van der Waals surface area contributed by atoms with Gasteiger partial charge in [-0.15, -0.1) is 11.6 Å². The first-order valence-electron chi connectivity index (χ1n) is 7.34. The molecule has 0 unspecified atom stereocenters. The van der Waals surface area contributed by atoms with Crippen LogP contribution in [0.1, 0.15) is 38.4 Å². The summed E-state index contributed by atoms with van der Waals surface area (Å²) in [4.78, 5) is 0.353. The molecule has 118 valence electrons. The van der Waals surface area contributed by atoms with Crippen LogP contribution in [-0.4, -0.2) is 42.6 Å². The van der Waals surface area contributed by atoms with E-state index in [9.17, 15) is 8.42 Å². The Labute approximate surface area is 130 Å². The lowest BCUT2D eigenvalue weighted by Crippen LogP contribution is -2.48. The van der Waals surface area contributed by atoms with Gasteiger partial charge in [-0.05, 0) is 32.8 Å². The topological polar surface area (TPSA) is 51.5 Å². The van der Waals surface area contributed by atoms with E-state index >= 15 is 0 Å². The van der Waals surface area contributed by atoms with Gasteiger partial charge in [-0.25, -0.2) is 8.42 Å². The molecule has 2 atom stereocenters. The number of rotatable bonds is 4. The Morgan fingerprint density at radius 2 is 1.90 bits per heavy atom. The molecule has 1 aliphatic heterocycles. The summed E-state index contributed by atoms with van der Waals surface area (Å²) in [7, 11) is -3.47. The molecule has 1 aromatic rings. The van der Waals surface area contributed by atoms with Crippen molar-refractivity contribution in [3.63, 3.8) is 0 Å². The summed E-state index contributed by atoms with van der Waals surface area (Å²) in [5.74, 6) is 0.335. The van der Waals surface area contributed by atoms with Gasteiger partial charge in [-0.2, -0.15) is 4.31 Å². The molecule has 0 spiro atoms. The second kappa shape index (κ2) is 5.57. The van der Waals surface area contributed by atoms with Crippen LogP contribution in [0.25, 0.3) is 0 Å². The minimum absolute atomic E-state index is 0.0819. The number of nitrogens with zero attached hydrogens (tertiary/aromatic N) is 2. The van der Waals surface area contributed by atoms with E-state index in [2.05, 4.69) is 0 Å². The van der Waals surface area contributed by atoms with Crippen LogP contribution in [0.15, 0.2) is 17.2 Å². The zero-order valence-electron chi connectivity index (χ0n) is 12.3. The summed E-state index contributed by atoms with van der Waals surface area (Å²) < 4.78 is 34.8. The predicted molar refractivity (Wildman–Crippen MR) is 81.0 cm³/mol. The average molecular weight is 333 g/mol. The Kier molecular flexibility index (Phi) is 4.07. The molecule has 2 heterocycles. The van der Waals surface area contributed by atoms with Crippen molar-refractivity contribution in [1.29, 1.82) is 0 Å². The molecule has 2 fully saturated rings. The minimum atomic E-state index is -3.47. The Bertz CT molecular complexity index is 614. The van der Waals surface area contributed by atoms with Crippen molar-refractivity contribution in [3.8, 4) is 0 Å². The number of alkyl halides is 1. The summed E-state index contributed by atoms with van der Waals surface area (Å²) in [6.45, 7) is 4.60. The maximum absolute atomic E-state index is 12.8. The van der Waals surface area contributed by atoms with Crippen LogP contribution in [0, 0.1) is 0 Å². The molecular weight excluding hydrogens is 312 g/mol. The van der Waals surface area contributed by atoms with Gasteiger partial charge in [0.25, 0.3) is 0 Å². The maximum Gasteiger partial charge on any atom is 0.244 e. The lowest BCUT2D eigenvalue weighted by atomic mass is 10.3. The van der Waals surface area contributed by atoms with E-state index in [0.717, 1.165) is 18.5 Å². The summed E-state index contributed by atoms with van der Waals surface area (Å²) >= 11 is 5.95. The number of morpholine rings is 1. The fourth-order valence-corrected chi connectivity index (χ4v) is 4.77. The lowest BCUT2D eigenvalue weighted by Gasteiger charge is -2.34. The number of hydrogen-bond acceptors (Lipinski definition) is 3. The monoisotopic (exact) mass is 332 g/mol. The fraction of sp³-hybridized carbons (Fsp3) is 0.714. The van der Waals surface area contributed by atoms with Gasteiger partial charge >= 0.3 is 0 Å². The van der Waals surface area contributed by atoms with Crippen LogP contribution >= 0.6 is 11.6 Å². The number of sulfonamides is 1. The van der Waals surface area contributed by atoms with Crippen molar-refractivity contribution in [2.75, 3.05) is 13.1 Å². The molecule has 21 heavy (non-hydrogen) atoms. The molecule has 7 heteroatoms. The van der Waals surface area contributed by atoms with E-state index in [4.69, 9.17) is 16.3 Å². The van der Waals surface area contributed by atoms with Crippen LogP contribution in [0.4, 0.5) is 0 Å². The molecule has 1 aliphatic carbocycles. The highest BCUT2D eigenvalue weighted by Crippen LogP contribution is 2.38. The van der Waals surface area contributed by atoms with Crippen molar-refractivity contribution in [2.45, 2.75) is 55.7 Å². The van der Waals surface area contributed by atoms with Crippen LogP contribution < -0.4 is 0 Å². The van der Waals surface area contributed by atoms with E-state index < -0.39 is 10.0 Å². The van der Waals surface area contributed by atoms with Gasteiger partial charge in [0, 0.05) is 31.0 Å². The highest BCUT2D eigenvalue weighted by molar-refractivity contribution is 7.89. The van der Waals surface area contributed by atoms with E-state index in [1.807, 2.05) is 18.4 Å². The molecular formula is C14H21ClN2O3S. The lowest BCUT2D eigenvalue weighted by molar-refractivity contribution is -0.0440. The average Bonchev–Trinajstić information content (AvgIpc) is 3.16. The predicted octanol–water partition coefficient (Wildman–Crippen LogP) is 2.36. The van der Waals surface area contributed by atoms with Crippen molar-refractivity contribution in [3.05, 3.63) is 18.0 Å². The van der Waals surface area contributed by atoms with Crippen molar-refractivity contribution in [2.24, 2.45) is 0 Å². The Morgan fingerprint density at radius 3 is 2.43 bits per heavy atom. The third-order valence-electron chi connectivity index (χ3n) is 4.01. The first kappa shape index (κ1) is 15.3. The summed E-state index contributed by atoms with van der Waals surface area (Å²) in [5.41, 5.74) is 0.882. The molecule has 5 nitrogen and oxygen atoms in total. The van der Waals surface area contributed by atoms with Crippen molar-refractivity contribution < 1.29 is 13.2 Å². The van der Waals surface area contributed by atoms with Crippen LogP contribution in [0.5, 0.6) is 0 Å². The van der Waals surface area contributed by atoms with Gasteiger partial charge in [-0.1, -0.05) is 0 Å². The van der Waals surface area contributed by atoms with Crippen molar-refractivity contribution in [1.82, 2.24) is 8.87 Å². The molecule has 2 aliphatic rings. The Balaban J connectivity index is 1.90. The van der Waals surface area contributed by atoms with Gasteiger partial charge in [-0.3, -0.25) is 0 Å². The van der Waals surface area contributed by atoms with E-state index in [-0.39, 0.29) is 12.2 Å². The van der Waals surface area contributed by atoms with Gasteiger partial charge in [0.1, 0.15) is 4.90 Å². The third-order valence-corrected chi connectivity index (χ3v) is 6.08. The Hall–Kier alpha value is -0.560. The minimum Gasteiger partial charge on any atom is -0.373 e. The molecule has 1 aromatic heterocycles. The fourth-order valence-electron chi connectivity index (χ4n) is 2.91. The number of hydrogen-bond donors (Lipinski definition) is 0. The highest BCUT2D eigenvalue weighted by Gasteiger charge is 2.34. The number of halogens is 1. The number of aromatic nitrogens is 1. The Morgan fingerprint density at radius 1 is 1.29 bits per heavy atom. The SMILES string of the molecule is C[C@@H]1CN(S(=O)(=O)c2cc(CCl)n(C3CC3)c2)C[C@H](C)O1. The van der Waals surface area contributed by atoms with Gasteiger partial charge in [0.15, 0.2) is 0 Å². The summed E-state index contributed by atoms with van der Waals surface area (Å²) in [5, 5.41) is 0. The van der Waals surface area contributed by atoms with Crippen molar-refractivity contribution >= 4 is 21.6 Å². The van der Waals surface area contributed by atoms with Gasteiger partial charge < -0.3 is 9.30 Å². The van der Waals surface area contributed by atoms with Gasteiger partial charge in [0.05, 0.1) is 18.1 Å². The van der Waals surface area contributed by atoms with Crippen LogP contribution in [0.3, 0.4) is 0 Å². The van der Waals surface area contributed by atoms with E-state index in [1.165, 1.54) is 4.31 Å². The maximum atomic E-state index is 12.8. The number of ether oxygens (including phenoxy) is 1. The summed E-state index contributed by atoms with van der Waals surface area (Å²) in [6.07, 6.45) is 3.78. The molecule has 0 amide bonds. The molecule has 0 bridgehead atoms. The first-order chi connectivity index (χ1) is 9.91. The molecule has 1 saturated carbocycles. The van der Waals surface area contributed by atoms with Crippen LogP contribution in [0.2, 0.25) is 0 Å². The smallest absolute Gasteiger partial charge is 0.244 e. The molecule has 0 radical (unpaired) electrons. The van der Waals surface area contributed by atoms with E-state index in [1.54, 1.807) is 12.3 Å². The van der Waals surface area contributed by atoms with E-state index in [0.29, 0.717) is 29.9 Å². The normalized spacial score (nSPS) is 28.0. The zero-order chi connectivity index (χ0) is 15.2. The standard InChI is InChI=1S/C14H21ClN2O3S/c1-10-7-16(8-11(2)20-10)21(18,19)14-5-13(6-15)17(9-14)12-3-4-12/h5,9-12H,3-4,6-8H2,1-2H3/t10-,11+. The molecule has 0 N–H and O–H groups in total. The first-order valence-corrected chi connectivity index (χ1v) is 9.31. The highest BCUT2D eigenvalue weighted by atomic mass is 35.5. The molecule has 3 rings (SSSR count). The third kappa shape index (κ3) is 2.99. The molecule has 1 saturated heterocycles. The molecule has 0 aromatic carbocycles. The zero-order valence-corrected chi connectivity index (χ0v) is 13.9. The quantitative estimate of drug-likeness (QED) is 0.795. The van der Waals surface area contributed by atoms with Crippen LogP contribution in [-0.2, 0) is 20.6 Å². The second-order valence-corrected chi connectivity index (χ2v) is 8.22. The van der Waals surface area contributed by atoms with Gasteiger partial charge in [0.2, 0.25) is 10.0 Å². The largest absolute Gasteiger partial charge is 0.373 e. The second-order valence-electron chi connectivity index (χ2n) is 6.02.